The maximum absolute atomic E-state index is 10.9. The molecule has 0 amide bonds. The third-order valence-electron chi connectivity index (χ3n) is 3.45. The van der Waals surface area contributed by atoms with Crippen molar-refractivity contribution < 1.29 is 9.90 Å². The van der Waals surface area contributed by atoms with Crippen molar-refractivity contribution in [2.75, 3.05) is 0 Å². The van der Waals surface area contributed by atoms with Gasteiger partial charge in [-0.05, 0) is 24.1 Å². The molecule has 18 heavy (non-hydrogen) atoms. The van der Waals surface area contributed by atoms with Gasteiger partial charge in [0.05, 0.1) is 16.6 Å². The van der Waals surface area contributed by atoms with Crippen LogP contribution in [0.25, 0.3) is 11.0 Å². The molecule has 2 aromatic rings. The molecule has 0 aliphatic heterocycles. The lowest BCUT2D eigenvalue weighted by Gasteiger charge is -2.07. The van der Waals surface area contributed by atoms with Crippen LogP contribution >= 0.6 is 0 Å². The fourth-order valence-corrected chi connectivity index (χ4v) is 2.02. The van der Waals surface area contributed by atoms with Crippen LogP contribution in [0.3, 0.4) is 0 Å². The standard InChI is InChI=1S/C14H18N2O2/c1-4-9(2)7-13-15-11-8-10(14(17)18)5-6-12(11)16(13)3/h5-6,8-9H,4,7H2,1-3H3,(H,17,18). The van der Waals surface area contributed by atoms with Crippen LogP contribution < -0.4 is 0 Å². The van der Waals surface area contributed by atoms with E-state index in [4.69, 9.17) is 5.11 Å². The first-order valence-corrected chi connectivity index (χ1v) is 6.21. The van der Waals surface area contributed by atoms with Crippen LogP contribution in [0.2, 0.25) is 0 Å². The van der Waals surface area contributed by atoms with E-state index in [9.17, 15) is 4.79 Å². The first kappa shape index (κ1) is 12.6. The third kappa shape index (κ3) is 2.23. The Hall–Kier alpha value is -1.84. The van der Waals surface area contributed by atoms with Gasteiger partial charge in [0.25, 0.3) is 0 Å². The van der Waals surface area contributed by atoms with Crippen molar-refractivity contribution in [3.8, 4) is 0 Å². The van der Waals surface area contributed by atoms with Crippen LogP contribution in [0.15, 0.2) is 18.2 Å². The van der Waals surface area contributed by atoms with Gasteiger partial charge in [-0.1, -0.05) is 20.3 Å². The Bertz CT molecular complexity index is 587. The minimum absolute atomic E-state index is 0.288. The molecule has 0 saturated heterocycles. The molecule has 1 heterocycles. The Kier molecular flexibility index (Phi) is 3.36. The lowest BCUT2D eigenvalue weighted by molar-refractivity contribution is 0.0697. The van der Waals surface area contributed by atoms with E-state index >= 15 is 0 Å². The Morgan fingerprint density at radius 2 is 2.22 bits per heavy atom. The van der Waals surface area contributed by atoms with Gasteiger partial charge in [0.1, 0.15) is 5.82 Å². The van der Waals surface area contributed by atoms with Crippen molar-refractivity contribution in [3.63, 3.8) is 0 Å². The molecule has 0 radical (unpaired) electrons. The highest BCUT2D eigenvalue weighted by molar-refractivity contribution is 5.92. The van der Waals surface area contributed by atoms with Crippen molar-refractivity contribution in [3.05, 3.63) is 29.6 Å². The topological polar surface area (TPSA) is 55.1 Å². The number of carboxylic acid groups (broad SMARTS) is 1. The lowest BCUT2D eigenvalue weighted by Crippen LogP contribution is -2.04. The molecule has 4 nitrogen and oxygen atoms in total. The molecule has 1 aromatic carbocycles. The summed E-state index contributed by atoms with van der Waals surface area (Å²) < 4.78 is 2.05. The molecular weight excluding hydrogens is 228 g/mol. The Morgan fingerprint density at radius 1 is 1.50 bits per heavy atom. The number of fused-ring (bicyclic) bond motifs is 1. The van der Waals surface area contributed by atoms with Crippen LogP contribution in [-0.2, 0) is 13.5 Å². The summed E-state index contributed by atoms with van der Waals surface area (Å²) in [6.45, 7) is 4.36. The number of aromatic nitrogens is 2. The SMILES string of the molecule is CCC(C)Cc1nc2cc(C(=O)O)ccc2n1C. The van der Waals surface area contributed by atoms with Gasteiger partial charge in [-0.3, -0.25) is 0 Å². The Labute approximate surface area is 106 Å². The van der Waals surface area contributed by atoms with E-state index in [1.165, 1.54) is 0 Å². The predicted molar refractivity (Wildman–Crippen MR) is 70.8 cm³/mol. The number of carbonyl (C=O) groups is 1. The van der Waals surface area contributed by atoms with Gasteiger partial charge in [-0.2, -0.15) is 0 Å². The fourth-order valence-electron chi connectivity index (χ4n) is 2.02. The van der Waals surface area contributed by atoms with Gasteiger partial charge < -0.3 is 9.67 Å². The fraction of sp³-hybridized carbons (Fsp3) is 0.429. The highest BCUT2D eigenvalue weighted by Crippen LogP contribution is 2.19. The Morgan fingerprint density at radius 3 is 2.83 bits per heavy atom. The predicted octanol–water partition coefficient (Wildman–Crippen LogP) is 2.86. The molecule has 0 spiro atoms. The van der Waals surface area contributed by atoms with Gasteiger partial charge in [-0.15, -0.1) is 0 Å². The molecule has 0 fully saturated rings. The molecule has 1 unspecified atom stereocenters. The average Bonchev–Trinajstić information content (AvgIpc) is 2.65. The first-order valence-electron chi connectivity index (χ1n) is 6.21. The van der Waals surface area contributed by atoms with Crippen molar-refractivity contribution in [2.24, 2.45) is 13.0 Å². The molecule has 0 saturated carbocycles. The van der Waals surface area contributed by atoms with E-state index in [0.717, 1.165) is 29.7 Å². The molecule has 1 aromatic heterocycles. The lowest BCUT2D eigenvalue weighted by atomic mass is 10.1. The highest BCUT2D eigenvalue weighted by Gasteiger charge is 2.12. The second-order valence-electron chi connectivity index (χ2n) is 4.81. The summed E-state index contributed by atoms with van der Waals surface area (Å²) >= 11 is 0. The van der Waals surface area contributed by atoms with Gasteiger partial charge in [0.15, 0.2) is 0 Å². The summed E-state index contributed by atoms with van der Waals surface area (Å²) in [4.78, 5) is 15.5. The third-order valence-corrected chi connectivity index (χ3v) is 3.45. The number of benzene rings is 1. The minimum atomic E-state index is -0.911. The van der Waals surface area contributed by atoms with Gasteiger partial charge >= 0.3 is 5.97 Å². The Balaban J connectivity index is 2.45. The highest BCUT2D eigenvalue weighted by atomic mass is 16.4. The average molecular weight is 246 g/mol. The maximum Gasteiger partial charge on any atom is 0.335 e. The zero-order chi connectivity index (χ0) is 13.3. The summed E-state index contributed by atoms with van der Waals surface area (Å²) in [6.07, 6.45) is 2.04. The molecule has 96 valence electrons. The number of hydrogen-bond donors (Lipinski definition) is 1. The number of hydrogen-bond acceptors (Lipinski definition) is 2. The normalized spacial score (nSPS) is 12.8. The van der Waals surface area contributed by atoms with E-state index in [-0.39, 0.29) is 5.56 Å². The van der Waals surface area contributed by atoms with Crippen molar-refractivity contribution in [1.82, 2.24) is 9.55 Å². The quantitative estimate of drug-likeness (QED) is 0.902. The zero-order valence-electron chi connectivity index (χ0n) is 11.0. The monoisotopic (exact) mass is 246 g/mol. The summed E-state index contributed by atoms with van der Waals surface area (Å²) in [7, 11) is 1.98. The summed E-state index contributed by atoms with van der Waals surface area (Å²) in [6, 6.07) is 5.09. The number of rotatable bonds is 4. The van der Waals surface area contributed by atoms with Crippen LogP contribution in [0.5, 0.6) is 0 Å². The van der Waals surface area contributed by atoms with Crippen LogP contribution in [0, 0.1) is 5.92 Å². The van der Waals surface area contributed by atoms with Crippen LogP contribution in [-0.4, -0.2) is 20.6 Å². The second-order valence-corrected chi connectivity index (χ2v) is 4.81. The van der Waals surface area contributed by atoms with Gasteiger partial charge in [0.2, 0.25) is 0 Å². The number of carboxylic acids is 1. The second kappa shape index (κ2) is 4.80. The smallest absolute Gasteiger partial charge is 0.335 e. The molecule has 4 heteroatoms. The molecule has 0 bridgehead atoms. The minimum Gasteiger partial charge on any atom is -0.478 e. The van der Waals surface area contributed by atoms with Crippen LogP contribution in [0.4, 0.5) is 0 Å². The van der Waals surface area contributed by atoms with Gasteiger partial charge in [-0.25, -0.2) is 9.78 Å². The molecule has 2 rings (SSSR count). The summed E-state index contributed by atoms with van der Waals surface area (Å²) in [5.74, 6) is 0.687. The first-order chi connectivity index (χ1) is 8.52. The number of aryl methyl sites for hydroxylation is 1. The summed E-state index contributed by atoms with van der Waals surface area (Å²) in [5.41, 5.74) is 2.03. The molecule has 1 N–H and O–H groups in total. The van der Waals surface area contributed by atoms with E-state index < -0.39 is 5.97 Å². The summed E-state index contributed by atoms with van der Waals surface area (Å²) in [5, 5.41) is 8.97. The molecule has 1 atom stereocenters. The zero-order valence-corrected chi connectivity index (χ0v) is 11.0. The number of nitrogens with zero attached hydrogens (tertiary/aromatic N) is 2. The van der Waals surface area contributed by atoms with E-state index in [2.05, 4.69) is 18.8 Å². The van der Waals surface area contributed by atoms with E-state index in [0.29, 0.717) is 5.92 Å². The van der Waals surface area contributed by atoms with Crippen molar-refractivity contribution >= 4 is 17.0 Å². The largest absolute Gasteiger partial charge is 0.478 e. The van der Waals surface area contributed by atoms with Crippen molar-refractivity contribution in [2.45, 2.75) is 26.7 Å². The molecule has 0 aliphatic carbocycles. The van der Waals surface area contributed by atoms with Crippen molar-refractivity contribution in [1.29, 1.82) is 0 Å². The number of imidazole rings is 1. The van der Waals surface area contributed by atoms with Gasteiger partial charge in [0, 0.05) is 13.5 Å². The number of aromatic carboxylic acids is 1. The van der Waals surface area contributed by atoms with E-state index in [1.807, 2.05) is 17.7 Å². The van der Waals surface area contributed by atoms with E-state index in [1.54, 1.807) is 12.1 Å². The maximum atomic E-state index is 10.9. The molecular formula is C14H18N2O2. The molecule has 0 aliphatic rings. The van der Waals surface area contributed by atoms with Crippen LogP contribution in [0.1, 0.15) is 36.5 Å².